The molecule has 1 heterocycles. The van der Waals surface area contributed by atoms with Crippen LogP contribution in [0.15, 0.2) is 23.1 Å². The summed E-state index contributed by atoms with van der Waals surface area (Å²) in [6.07, 6.45) is 0.908. The highest BCUT2D eigenvalue weighted by atomic mass is 35.5. The molecule has 2 rings (SSSR count). The van der Waals surface area contributed by atoms with Crippen molar-refractivity contribution in [1.29, 1.82) is 0 Å². The summed E-state index contributed by atoms with van der Waals surface area (Å²) in [6, 6.07) is 5.57. The van der Waals surface area contributed by atoms with E-state index >= 15 is 0 Å². The summed E-state index contributed by atoms with van der Waals surface area (Å²) in [5.41, 5.74) is 0.930. The normalized spacial score (nSPS) is 20.3. The van der Waals surface area contributed by atoms with E-state index in [-0.39, 0.29) is 4.90 Å². The van der Waals surface area contributed by atoms with Crippen molar-refractivity contribution in [3.63, 3.8) is 0 Å². The van der Waals surface area contributed by atoms with E-state index < -0.39 is 10.0 Å². The van der Waals surface area contributed by atoms with Crippen molar-refractivity contribution < 1.29 is 8.42 Å². The van der Waals surface area contributed by atoms with Gasteiger partial charge in [-0.15, -0.1) is 0 Å². The molecule has 1 aliphatic rings. The van der Waals surface area contributed by atoms with E-state index in [4.69, 9.17) is 11.6 Å². The van der Waals surface area contributed by atoms with E-state index in [1.807, 2.05) is 6.07 Å². The zero-order valence-electron chi connectivity index (χ0n) is 12.8. The summed E-state index contributed by atoms with van der Waals surface area (Å²) in [7, 11) is -3.49. The smallest absolute Gasteiger partial charge is 0.244 e. The number of nitrogens with one attached hydrogen (secondary N) is 1. The Labute approximate surface area is 132 Å². The molecule has 0 aliphatic carbocycles. The molecule has 0 bridgehead atoms. The van der Waals surface area contributed by atoms with Gasteiger partial charge in [-0.25, -0.2) is 8.42 Å². The maximum absolute atomic E-state index is 12.7. The lowest BCUT2D eigenvalue weighted by Gasteiger charge is -2.18. The molecule has 0 aromatic heterocycles. The fraction of sp³-hybridized carbons (Fsp3) is 0.600. The molecule has 4 nitrogen and oxygen atoms in total. The minimum atomic E-state index is -3.49. The SMILES string of the molecule is CC1CCN(S(=O)(=O)c2cc(CNC(C)C)ccc2Cl)C1. The first-order valence-electron chi connectivity index (χ1n) is 7.32. The second kappa shape index (κ2) is 6.65. The third-order valence-electron chi connectivity index (χ3n) is 3.71. The summed E-state index contributed by atoms with van der Waals surface area (Å²) in [6.45, 7) is 7.97. The molecule has 0 radical (unpaired) electrons. The molecule has 21 heavy (non-hydrogen) atoms. The van der Waals surface area contributed by atoms with E-state index in [2.05, 4.69) is 26.1 Å². The molecule has 1 saturated heterocycles. The van der Waals surface area contributed by atoms with Crippen molar-refractivity contribution >= 4 is 21.6 Å². The van der Waals surface area contributed by atoms with Crippen LogP contribution in [0.4, 0.5) is 0 Å². The molecule has 0 spiro atoms. The van der Waals surface area contributed by atoms with Gasteiger partial charge in [0, 0.05) is 25.7 Å². The van der Waals surface area contributed by atoms with Crippen molar-refractivity contribution in [2.24, 2.45) is 5.92 Å². The zero-order valence-corrected chi connectivity index (χ0v) is 14.3. The van der Waals surface area contributed by atoms with Gasteiger partial charge in [0.2, 0.25) is 10.0 Å². The first kappa shape index (κ1) is 16.7. The van der Waals surface area contributed by atoms with Crippen LogP contribution in [0.5, 0.6) is 0 Å². The Kier molecular flexibility index (Phi) is 5.30. The molecule has 1 atom stereocenters. The minimum Gasteiger partial charge on any atom is -0.310 e. The average Bonchev–Trinajstić information content (AvgIpc) is 2.85. The Morgan fingerprint density at radius 3 is 2.71 bits per heavy atom. The molecule has 1 fully saturated rings. The largest absolute Gasteiger partial charge is 0.310 e. The number of nitrogens with zero attached hydrogens (tertiary/aromatic N) is 1. The van der Waals surface area contributed by atoms with Crippen molar-refractivity contribution in [3.05, 3.63) is 28.8 Å². The third-order valence-corrected chi connectivity index (χ3v) is 6.06. The van der Waals surface area contributed by atoms with E-state index in [1.54, 1.807) is 16.4 Å². The Bertz CT molecular complexity index is 602. The van der Waals surface area contributed by atoms with Gasteiger partial charge in [-0.3, -0.25) is 0 Å². The van der Waals surface area contributed by atoms with E-state index in [0.717, 1.165) is 12.0 Å². The molecule has 0 amide bonds. The highest BCUT2D eigenvalue weighted by Gasteiger charge is 2.32. The highest BCUT2D eigenvalue weighted by Crippen LogP contribution is 2.29. The summed E-state index contributed by atoms with van der Waals surface area (Å²) < 4.78 is 27.0. The predicted molar refractivity (Wildman–Crippen MR) is 86.0 cm³/mol. The molecule has 1 unspecified atom stereocenters. The Morgan fingerprint density at radius 2 is 2.14 bits per heavy atom. The van der Waals surface area contributed by atoms with Crippen molar-refractivity contribution in [1.82, 2.24) is 9.62 Å². The number of sulfonamides is 1. The Hall–Kier alpha value is -0.620. The van der Waals surface area contributed by atoms with Gasteiger partial charge in [0.05, 0.1) is 5.02 Å². The van der Waals surface area contributed by atoms with Gasteiger partial charge in [-0.2, -0.15) is 4.31 Å². The first-order valence-corrected chi connectivity index (χ1v) is 9.14. The Morgan fingerprint density at radius 1 is 1.43 bits per heavy atom. The van der Waals surface area contributed by atoms with E-state index in [9.17, 15) is 8.42 Å². The number of benzene rings is 1. The molecule has 118 valence electrons. The van der Waals surface area contributed by atoms with Crippen LogP contribution >= 0.6 is 11.6 Å². The van der Waals surface area contributed by atoms with Crippen molar-refractivity contribution in [2.75, 3.05) is 13.1 Å². The lowest BCUT2D eigenvalue weighted by atomic mass is 10.2. The second-order valence-corrected chi connectivity index (χ2v) is 8.37. The number of hydrogen-bond donors (Lipinski definition) is 1. The van der Waals surface area contributed by atoms with Gasteiger partial charge in [-0.1, -0.05) is 38.4 Å². The fourth-order valence-electron chi connectivity index (χ4n) is 2.43. The van der Waals surface area contributed by atoms with Crippen LogP contribution in [0.1, 0.15) is 32.8 Å². The molecule has 1 aromatic rings. The molecule has 0 saturated carbocycles. The molecule has 1 N–H and O–H groups in total. The van der Waals surface area contributed by atoms with Crippen LogP contribution in [0.25, 0.3) is 0 Å². The second-order valence-electron chi connectivity index (χ2n) is 6.06. The van der Waals surface area contributed by atoms with Crippen molar-refractivity contribution in [3.8, 4) is 0 Å². The molecular formula is C15H23ClN2O2S. The third kappa shape index (κ3) is 3.97. The molecule has 1 aromatic carbocycles. The van der Waals surface area contributed by atoms with Crippen LogP contribution in [0.3, 0.4) is 0 Å². The topological polar surface area (TPSA) is 49.4 Å². The van der Waals surface area contributed by atoms with Gasteiger partial charge in [0.25, 0.3) is 0 Å². The van der Waals surface area contributed by atoms with Crippen molar-refractivity contribution in [2.45, 2.75) is 44.7 Å². The molecule has 6 heteroatoms. The summed E-state index contributed by atoms with van der Waals surface area (Å²) in [5, 5.41) is 3.58. The predicted octanol–water partition coefficient (Wildman–Crippen LogP) is 2.87. The van der Waals surface area contributed by atoms with Crippen LogP contribution in [-0.2, 0) is 16.6 Å². The lowest BCUT2D eigenvalue weighted by Crippen LogP contribution is -2.29. The number of rotatable bonds is 5. The van der Waals surface area contributed by atoms with Crippen LogP contribution in [0.2, 0.25) is 5.02 Å². The maximum atomic E-state index is 12.7. The number of halogens is 1. The minimum absolute atomic E-state index is 0.223. The fourth-order valence-corrected chi connectivity index (χ4v) is 4.53. The van der Waals surface area contributed by atoms with Gasteiger partial charge in [0.1, 0.15) is 4.90 Å². The molecule has 1 aliphatic heterocycles. The van der Waals surface area contributed by atoms with Gasteiger partial charge < -0.3 is 5.32 Å². The first-order chi connectivity index (χ1) is 9.80. The summed E-state index contributed by atoms with van der Waals surface area (Å²) in [4.78, 5) is 0.223. The molecular weight excluding hydrogens is 308 g/mol. The van der Waals surface area contributed by atoms with Gasteiger partial charge >= 0.3 is 0 Å². The maximum Gasteiger partial charge on any atom is 0.244 e. The quantitative estimate of drug-likeness (QED) is 0.903. The van der Waals surface area contributed by atoms with Crippen LogP contribution in [0, 0.1) is 5.92 Å². The number of hydrogen-bond acceptors (Lipinski definition) is 3. The Balaban J connectivity index is 2.27. The monoisotopic (exact) mass is 330 g/mol. The zero-order chi connectivity index (χ0) is 15.6. The lowest BCUT2D eigenvalue weighted by molar-refractivity contribution is 0.464. The van der Waals surface area contributed by atoms with Gasteiger partial charge in [-0.05, 0) is 30.0 Å². The summed E-state index contributed by atoms with van der Waals surface area (Å²) in [5.74, 6) is 0.407. The van der Waals surface area contributed by atoms with Crippen LogP contribution < -0.4 is 5.32 Å². The van der Waals surface area contributed by atoms with Gasteiger partial charge in [0.15, 0.2) is 0 Å². The summed E-state index contributed by atoms with van der Waals surface area (Å²) >= 11 is 6.13. The average molecular weight is 331 g/mol. The van der Waals surface area contributed by atoms with E-state index in [1.165, 1.54) is 0 Å². The van der Waals surface area contributed by atoms with Crippen LogP contribution in [-0.4, -0.2) is 31.9 Å². The highest BCUT2D eigenvalue weighted by molar-refractivity contribution is 7.89. The van der Waals surface area contributed by atoms with E-state index in [0.29, 0.717) is 36.6 Å². The standard InChI is InChI=1S/C15H23ClN2O2S/c1-11(2)17-9-13-4-5-14(16)15(8-13)21(19,20)18-7-6-12(3)10-18/h4-5,8,11-12,17H,6-7,9-10H2,1-3H3.